The molecule has 0 N–H and O–H groups in total. The highest BCUT2D eigenvalue weighted by Gasteiger charge is 2.25. The van der Waals surface area contributed by atoms with E-state index in [9.17, 15) is 36.9 Å². The highest BCUT2D eigenvalue weighted by atomic mass is 32.2. The largest absolute Gasteiger partial charge is 0.287 e. The third kappa shape index (κ3) is 5.42. The van der Waals surface area contributed by atoms with Gasteiger partial charge < -0.3 is 0 Å². The Bertz CT molecular complexity index is 1420. The van der Waals surface area contributed by atoms with Gasteiger partial charge in [-0.05, 0) is 36.4 Å². The number of hydrogen-bond donors (Lipinski definition) is 0. The minimum atomic E-state index is -2.33. The minimum absolute atomic E-state index is 0.0745. The van der Waals surface area contributed by atoms with E-state index in [-0.39, 0.29) is 16.2 Å². The van der Waals surface area contributed by atoms with Gasteiger partial charge in [-0.1, -0.05) is 35.4 Å². The Hall–Kier alpha value is -4.15. The molecule has 0 aliphatic carbocycles. The number of halogens is 5. The molecule has 0 spiro atoms. The minimum Gasteiger partial charge on any atom is -0.287 e. The van der Waals surface area contributed by atoms with Crippen LogP contribution in [0.15, 0.2) is 47.4 Å². The van der Waals surface area contributed by atoms with Crippen LogP contribution < -0.4 is 0 Å². The molecule has 3 aromatic carbocycles. The van der Waals surface area contributed by atoms with Crippen molar-refractivity contribution < 1.29 is 31.7 Å². The number of carbonyl (C=O) groups excluding carboxylic acids is 1. The zero-order chi connectivity index (χ0) is 25.0. The summed E-state index contributed by atoms with van der Waals surface area (Å²) in [4.78, 5) is 22.4. The van der Waals surface area contributed by atoms with E-state index in [1.807, 2.05) is 0 Å². The third-order valence-electron chi connectivity index (χ3n) is 4.19. The number of nitrogens with zero attached hydrogens (tertiary/aromatic N) is 1. The van der Waals surface area contributed by atoms with Crippen LogP contribution in [0.25, 0.3) is 0 Å². The maximum Gasteiger partial charge on any atom is 0.286 e. The molecule has 3 rings (SSSR count). The molecular formula is C24H10F5NO3S. The van der Waals surface area contributed by atoms with Gasteiger partial charge in [0.15, 0.2) is 28.4 Å². The molecule has 0 atom stereocenters. The van der Waals surface area contributed by atoms with Crippen LogP contribution >= 0.6 is 11.8 Å². The number of rotatable bonds is 2. The lowest BCUT2D eigenvalue weighted by Crippen LogP contribution is -2.04. The molecule has 170 valence electrons. The Labute approximate surface area is 193 Å². The molecule has 0 saturated heterocycles. The highest BCUT2D eigenvalue weighted by molar-refractivity contribution is 8.13. The molecule has 0 saturated carbocycles. The Morgan fingerprint density at radius 2 is 1.32 bits per heavy atom. The van der Waals surface area contributed by atoms with Crippen molar-refractivity contribution in [2.24, 2.45) is 0 Å². The quantitative estimate of drug-likeness (QED) is 0.0882. The summed E-state index contributed by atoms with van der Waals surface area (Å²) in [5.74, 6) is -1.56. The SMILES string of the molecule is CC(=O)Sc1ccc(C#Cc2ccc(C#Cc3c(F)c(F)c(F)c(F)c3F)c([N+](=O)[O-])c2)cc1. The van der Waals surface area contributed by atoms with Crippen molar-refractivity contribution in [2.45, 2.75) is 11.8 Å². The van der Waals surface area contributed by atoms with Gasteiger partial charge in [-0.2, -0.15) is 0 Å². The normalized spacial score (nSPS) is 10.1. The van der Waals surface area contributed by atoms with Crippen LogP contribution in [0.1, 0.15) is 29.2 Å². The first-order valence-electron chi connectivity index (χ1n) is 9.21. The van der Waals surface area contributed by atoms with Gasteiger partial charge in [-0.3, -0.25) is 14.9 Å². The van der Waals surface area contributed by atoms with Gasteiger partial charge in [0.25, 0.3) is 5.69 Å². The van der Waals surface area contributed by atoms with Crippen molar-refractivity contribution in [1.29, 1.82) is 0 Å². The predicted molar refractivity (Wildman–Crippen MR) is 114 cm³/mol. The molecule has 0 radical (unpaired) electrons. The van der Waals surface area contributed by atoms with Gasteiger partial charge in [0, 0.05) is 29.0 Å². The Morgan fingerprint density at radius 1 is 0.794 bits per heavy atom. The van der Waals surface area contributed by atoms with Gasteiger partial charge in [0.2, 0.25) is 5.82 Å². The second kappa shape index (κ2) is 10.2. The van der Waals surface area contributed by atoms with Crippen molar-refractivity contribution in [2.75, 3.05) is 0 Å². The summed E-state index contributed by atoms with van der Waals surface area (Å²) in [5.41, 5.74) is -1.50. The number of hydrogen-bond acceptors (Lipinski definition) is 4. The molecule has 0 fully saturated rings. The van der Waals surface area contributed by atoms with Crippen molar-refractivity contribution in [3.8, 4) is 23.7 Å². The van der Waals surface area contributed by atoms with Crippen LogP contribution in [0.4, 0.5) is 27.6 Å². The number of thioether (sulfide) groups is 1. The van der Waals surface area contributed by atoms with Crippen LogP contribution in [-0.2, 0) is 4.79 Å². The fraction of sp³-hybridized carbons (Fsp3) is 0.0417. The zero-order valence-corrected chi connectivity index (χ0v) is 17.8. The van der Waals surface area contributed by atoms with Crippen LogP contribution in [0.2, 0.25) is 0 Å². The summed E-state index contributed by atoms with van der Waals surface area (Å²) < 4.78 is 67.4. The molecule has 0 amide bonds. The summed E-state index contributed by atoms with van der Waals surface area (Å²) in [5, 5.41) is 11.3. The maximum absolute atomic E-state index is 13.8. The van der Waals surface area contributed by atoms with E-state index in [4.69, 9.17) is 0 Å². The van der Waals surface area contributed by atoms with Crippen LogP contribution in [0, 0.1) is 62.9 Å². The Kier molecular flexibility index (Phi) is 7.34. The standard InChI is InChI=1S/C24H10F5NO3S/c1-13(31)34-17-9-5-14(6-10-17)2-3-15-4-7-16(19(12-15)30(32)33)8-11-18-20(25)22(27)24(29)23(28)21(18)26/h4-7,9-10,12H,1H3. The Balaban J connectivity index is 1.95. The molecule has 0 aliphatic rings. The van der Waals surface area contributed by atoms with Crippen molar-refractivity contribution in [1.82, 2.24) is 0 Å². The van der Waals surface area contributed by atoms with Gasteiger partial charge in [0.1, 0.15) is 11.1 Å². The summed E-state index contributed by atoms with van der Waals surface area (Å²) in [6, 6.07) is 10.3. The van der Waals surface area contributed by atoms with E-state index in [0.717, 1.165) is 28.8 Å². The van der Waals surface area contributed by atoms with E-state index in [1.165, 1.54) is 13.0 Å². The average molecular weight is 487 g/mol. The van der Waals surface area contributed by atoms with Crippen molar-refractivity contribution in [3.05, 3.63) is 104 Å². The average Bonchev–Trinajstić information content (AvgIpc) is 2.81. The molecule has 0 aliphatic heterocycles. The molecule has 10 heteroatoms. The van der Waals surface area contributed by atoms with E-state index >= 15 is 0 Å². The second-order valence-corrected chi connectivity index (χ2v) is 7.80. The van der Waals surface area contributed by atoms with Crippen molar-refractivity contribution >= 4 is 22.6 Å². The summed E-state index contributed by atoms with van der Waals surface area (Å²) >= 11 is 1.05. The lowest BCUT2D eigenvalue weighted by molar-refractivity contribution is -0.385. The summed E-state index contributed by atoms with van der Waals surface area (Å²) in [7, 11) is 0. The van der Waals surface area contributed by atoms with Gasteiger partial charge in [-0.25, -0.2) is 22.0 Å². The summed E-state index contributed by atoms with van der Waals surface area (Å²) in [6.45, 7) is 1.43. The molecule has 0 heterocycles. The van der Waals surface area contributed by atoms with Crippen LogP contribution in [0.3, 0.4) is 0 Å². The van der Waals surface area contributed by atoms with E-state index in [2.05, 4.69) is 17.8 Å². The lowest BCUT2D eigenvalue weighted by atomic mass is 10.1. The fourth-order valence-corrected chi connectivity index (χ4v) is 3.23. The number of carbonyl (C=O) groups is 1. The Morgan fingerprint density at radius 3 is 1.88 bits per heavy atom. The second-order valence-electron chi connectivity index (χ2n) is 6.55. The number of nitro benzene ring substituents is 1. The van der Waals surface area contributed by atoms with Gasteiger partial charge in [0.05, 0.1) is 4.92 Å². The van der Waals surface area contributed by atoms with Crippen LogP contribution in [-0.4, -0.2) is 10.0 Å². The zero-order valence-electron chi connectivity index (χ0n) is 17.0. The number of benzene rings is 3. The first kappa shape index (κ1) is 24.5. The highest BCUT2D eigenvalue weighted by Crippen LogP contribution is 2.24. The first-order chi connectivity index (χ1) is 16.1. The van der Waals surface area contributed by atoms with Gasteiger partial charge in [-0.15, -0.1) is 0 Å². The molecule has 34 heavy (non-hydrogen) atoms. The van der Waals surface area contributed by atoms with Crippen molar-refractivity contribution in [3.63, 3.8) is 0 Å². The lowest BCUT2D eigenvalue weighted by Gasteiger charge is -2.02. The molecule has 3 aromatic rings. The third-order valence-corrected chi connectivity index (χ3v) is 4.99. The molecule has 0 aromatic heterocycles. The van der Waals surface area contributed by atoms with E-state index < -0.39 is 45.3 Å². The molecule has 0 bridgehead atoms. The van der Waals surface area contributed by atoms with Gasteiger partial charge >= 0.3 is 0 Å². The smallest absolute Gasteiger partial charge is 0.286 e. The summed E-state index contributed by atoms with van der Waals surface area (Å²) in [6.07, 6.45) is 0. The number of nitro groups is 1. The predicted octanol–water partition coefficient (Wildman–Crippen LogP) is 5.73. The van der Waals surface area contributed by atoms with E-state index in [0.29, 0.717) is 5.56 Å². The maximum atomic E-state index is 13.8. The van der Waals surface area contributed by atoms with E-state index in [1.54, 1.807) is 30.2 Å². The molecular weight excluding hydrogens is 477 g/mol. The molecule has 0 unspecified atom stereocenters. The fourth-order valence-electron chi connectivity index (χ4n) is 2.63. The first-order valence-corrected chi connectivity index (χ1v) is 10.0. The van der Waals surface area contributed by atoms with Crippen LogP contribution in [0.5, 0.6) is 0 Å². The molecule has 4 nitrogen and oxygen atoms in total. The monoisotopic (exact) mass is 487 g/mol. The topological polar surface area (TPSA) is 60.2 Å².